The zero-order valence-electron chi connectivity index (χ0n) is 15.5. The molecule has 0 unspecified atom stereocenters. The number of carbonyl (C=O) groups is 1. The first-order valence-electron chi connectivity index (χ1n) is 9.00. The van der Waals surface area contributed by atoms with Crippen LogP contribution in [0.1, 0.15) is 5.56 Å². The minimum Gasteiger partial charge on any atom is -0.449 e. The molecule has 3 aromatic carbocycles. The molecule has 1 heterocycles. The highest BCUT2D eigenvalue weighted by molar-refractivity contribution is 5.81. The fourth-order valence-corrected chi connectivity index (χ4v) is 3.35. The first kappa shape index (κ1) is 19.3. The molecular formula is C23H15F2NO4. The third-order valence-corrected chi connectivity index (χ3v) is 4.71. The van der Waals surface area contributed by atoms with Crippen LogP contribution in [0.25, 0.3) is 22.0 Å². The maximum Gasteiger partial charge on any atom is 0.511 e. The van der Waals surface area contributed by atoms with Crippen molar-refractivity contribution < 1.29 is 23.4 Å². The van der Waals surface area contributed by atoms with E-state index in [1.54, 1.807) is 12.1 Å². The van der Waals surface area contributed by atoms with E-state index < -0.39 is 29.0 Å². The Balaban J connectivity index is 1.81. The normalized spacial score (nSPS) is 10.9. The van der Waals surface area contributed by atoms with Crippen molar-refractivity contribution in [2.24, 2.45) is 0 Å². The van der Waals surface area contributed by atoms with E-state index in [0.29, 0.717) is 5.56 Å². The minimum atomic E-state index is -1.67. The van der Waals surface area contributed by atoms with Crippen LogP contribution < -0.4 is 10.2 Å². The molecule has 0 aliphatic heterocycles. The summed E-state index contributed by atoms with van der Waals surface area (Å²) < 4.78 is 35.1. The van der Waals surface area contributed by atoms with Crippen molar-refractivity contribution in [3.05, 3.63) is 100 Å². The molecule has 4 rings (SSSR count). The van der Waals surface area contributed by atoms with Gasteiger partial charge >= 0.3 is 6.16 Å². The average molecular weight is 407 g/mol. The van der Waals surface area contributed by atoms with Crippen LogP contribution in [0.3, 0.4) is 0 Å². The summed E-state index contributed by atoms with van der Waals surface area (Å²) in [5.41, 5.74) is 0.946. The number of aromatic nitrogens is 1. The number of carboxylic acid groups (broad SMARTS) is 1. The molecule has 0 atom stereocenters. The number of benzene rings is 3. The Morgan fingerprint density at radius 1 is 0.933 bits per heavy atom. The molecule has 0 bridgehead atoms. The van der Waals surface area contributed by atoms with Gasteiger partial charge in [0.1, 0.15) is 11.6 Å². The van der Waals surface area contributed by atoms with Gasteiger partial charge in [-0.25, -0.2) is 13.6 Å². The molecule has 4 aromatic rings. The van der Waals surface area contributed by atoms with Crippen LogP contribution >= 0.6 is 0 Å². The van der Waals surface area contributed by atoms with Gasteiger partial charge < -0.3 is 14.4 Å². The zero-order chi connectivity index (χ0) is 21.3. The minimum absolute atomic E-state index is 0.0601. The Morgan fingerprint density at radius 2 is 1.70 bits per heavy atom. The van der Waals surface area contributed by atoms with Gasteiger partial charge in [-0.05, 0) is 29.3 Å². The highest BCUT2D eigenvalue weighted by Gasteiger charge is 2.17. The van der Waals surface area contributed by atoms with Crippen LogP contribution in [-0.4, -0.2) is 15.8 Å². The van der Waals surface area contributed by atoms with Crippen molar-refractivity contribution in [2.75, 3.05) is 0 Å². The predicted molar refractivity (Wildman–Crippen MR) is 108 cm³/mol. The number of hydrogen-bond acceptors (Lipinski definition) is 3. The van der Waals surface area contributed by atoms with Crippen LogP contribution in [-0.2, 0) is 6.54 Å². The van der Waals surface area contributed by atoms with Crippen LogP contribution in [0, 0.1) is 11.6 Å². The highest BCUT2D eigenvalue weighted by Crippen LogP contribution is 2.24. The van der Waals surface area contributed by atoms with Crippen LogP contribution in [0.5, 0.6) is 5.75 Å². The lowest BCUT2D eigenvalue weighted by molar-refractivity contribution is 0.144. The lowest BCUT2D eigenvalue weighted by Crippen LogP contribution is -2.17. The van der Waals surface area contributed by atoms with Crippen molar-refractivity contribution in [3.8, 4) is 16.9 Å². The Hall–Kier alpha value is -4.00. The number of hydrogen-bond donors (Lipinski definition) is 1. The number of fused-ring (bicyclic) bond motifs is 1. The fraction of sp³-hybridized carbons (Fsp3) is 0.0435. The average Bonchev–Trinajstić information content (AvgIpc) is 2.73. The Kier molecular flexibility index (Phi) is 5.02. The third-order valence-electron chi connectivity index (χ3n) is 4.71. The molecule has 7 heteroatoms. The maximum absolute atomic E-state index is 14.8. The van der Waals surface area contributed by atoms with Gasteiger partial charge in [0.15, 0.2) is 5.75 Å². The number of nitrogens with zero attached hydrogens (tertiary/aromatic N) is 1. The zero-order valence-corrected chi connectivity index (χ0v) is 15.5. The van der Waals surface area contributed by atoms with E-state index >= 15 is 0 Å². The fourth-order valence-electron chi connectivity index (χ4n) is 3.35. The summed E-state index contributed by atoms with van der Waals surface area (Å²) >= 11 is 0. The summed E-state index contributed by atoms with van der Waals surface area (Å²) in [6.45, 7) is -0.130. The molecular weight excluding hydrogens is 392 g/mol. The van der Waals surface area contributed by atoms with E-state index in [1.165, 1.54) is 28.8 Å². The summed E-state index contributed by atoms with van der Waals surface area (Å²) in [7, 11) is 0. The van der Waals surface area contributed by atoms with Gasteiger partial charge in [0.05, 0.1) is 23.6 Å². The van der Waals surface area contributed by atoms with E-state index in [0.717, 1.165) is 11.8 Å². The number of halogens is 2. The Labute approximate surface area is 169 Å². The number of pyridine rings is 1. The molecule has 1 aromatic heterocycles. The molecule has 0 amide bonds. The van der Waals surface area contributed by atoms with Gasteiger partial charge in [0, 0.05) is 5.56 Å². The molecule has 0 fully saturated rings. The second kappa shape index (κ2) is 7.79. The molecule has 0 radical (unpaired) electrons. The number of rotatable bonds is 4. The Morgan fingerprint density at radius 3 is 2.40 bits per heavy atom. The standard InChI is InChI=1S/C23H15F2NO4/c24-18-8-4-7-17-21(18)26(13-20(22(17)27)30-23(28)29)12-16-10-9-15(11-19(16)25)14-5-2-1-3-6-14/h1-11,13H,12H2,(H,28,29). The van der Waals surface area contributed by atoms with Gasteiger partial charge in [0.25, 0.3) is 0 Å². The molecule has 150 valence electrons. The number of para-hydroxylation sites is 1. The van der Waals surface area contributed by atoms with Gasteiger partial charge in [-0.15, -0.1) is 0 Å². The third kappa shape index (κ3) is 3.65. The first-order valence-corrected chi connectivity index (χ1v) is 9.00. The number of ether oxygens (including phenoxy) is 1. The summed E-state index contributed by atoms with van der Waals surface area (Å²) in [6, 6.07) is 17.8. The molecule has 0 saturated heterocycles. The SMILES string of the molecule is O=C(O)Oc1cn(Cc2ccc(-c3ccccc3)cc2F)c2c(F)cccc2c1=O. The smallest absolute Gasteiger partial charge is 0.449 e. The Bertz CT molecular complexity index is 1320. The molecule has 30 heavy (non-hydrogen) atoms. The van der Waals surface area contributed by atoms with E-state index in [4.69, 9.17) is 5.11 Å². The maximum atomic E-state index is 14.8. The predicted octanol–water partition coefficient (Wildman–Crippen LogP) is 5.05. The van der Waals surface area contributed by atoms with Gasteiger partial charge in [-0.2, -0.15) is 0 Å². The molecule has 0 spiro atoms. The lowest BCUT2D eigenvalue weighted by Gasteiger charge is -2.14. The van der Waals surface area contributed by atoms with Crippen molar-refractivity contribution in [1.29, 1.82) is 0 Å². The van der Waals surface area contributed by atoms with E-state index in [1.807, 2.05) is 30.3 Å². The molecule has 5 nitrogen and oxygen atoms in total. The molecule has 0 aliphatic carbocycles. The summed E-state index contributed by atoms with van der Waals surface area (Å²) in [4.78, 5) is 23.4. The van der Waals surface area contributed by atoms with E-state index in [-0.39, 0.29) is 23.0 Å². The largest absolute Gasteiger partial charge is 0.511 e. The summed E-state index contributed by atoms with van der Waals surface area (Å²) in [5.74, 6) is -1.69. The van der Waals surface area contributed by atoms with Crippen LogP contribution in [0.2, 0.25) is 0 Å². The van der Waals surface area contributed by atoms with Crippen molar-refractivity contribution in [2.45, 2.75) is 6.54 Å². The lowest BCUT2D eigenvalue weighted by atomic mass is 10.0. The summed E-state index contributed by atoms with van der Waals surface area (Å²) in [5, 5.41) is 8.82. The molecule has 0 aliphatic rings. The monoisotopic (exact) mass is 407 g/mol. The summed E-state index contributed by atoms with van der Waals surface area (Å²) in [6.07, 6.45) is -0.598. The molecule has 0 saturated carbocycles. The van der Waals surface area contributed by atoms with Crippen molar-refractivity contribution in [3.63, 3.8) is 0 Å². The molecule has 1 N–H and O–H groups in total. The second-order valence-corrected chi connectivity index (χ2v) is 6.63. The van der Waals surface area contributed by atoms with Crippen molar-refractivity contribution in [1.82, 2.24) is 4.57 Å². The van der Waals surface area contributed by atoms with Gasteiger partial charge in [0.2, 0.25) is 5.43 Å². The van der Waals surface area contributed by atoms with Crippen LogP contribution in [0.15, 0.2) is 77.7 Å². The second-order valence-electron chi connectivity index (χ2n) is 6.63. The van der Waals surface area contributed by atoms with Crippen molar-refractivity contribution >= 4 is 17.1 Å². The van der Waals surface area contributed by atoms with E-state index in [2.05, 4.69) is 4.74 Å². The topological polar surface area (TPSA) is 68.5 Å². The van der Waals surface area contributed by atoms with Gasteiger partial charge in [-0.3, -0.25) is 4.79 Å². The van der Waals surface area contributed by atoms with Crippen LogP contribution in [0.4, 0.5) is 13.6 Å². The first-order chi connectivity index (χ1) is 14.4. The highest BCUT2D eigenvalue weighted by atomic mass is 19.1. The van der Waals surface area contributed by atoms with E-state index in [9.17, 15) is 18.4 Å². The quantitative estimate of drug-likeness (QED) is 0.481. The van der Waals surface area contributed by atoms with Gasteiger partial charge in [-0.1, -0.05) is 48.5 Å².